The quantitative estimate of drug-likeness (QED) is 0.607. The molecule has 3 aromatic rings. The van der Waals surface area contributed by atoms with Crippen LogP contribution in [0.4, 0.5) is 0 Å². The zero-order chi connectivity index (χ0) is 21.0. The highest BCUT2D eigenvalue weighted by molar-refractivity contribution is 5.95. The maximum Gasteiger partial charge on any atom is 0.287 e. The summed E-state index contributed by atoms with van der Waals surface area (Å²) in [5, 5.41) is 4.40. The van der Waals surface area contributed by atoms with Gasteiger partial charge in [-0.1, -0.05) is 42.0 Å². The predicted molar refractivity (Wildman–Crippen MR) is 114 cm³/mol. The average Bonchev–Trinajstić information content (AvgIpc) is 3.08. The second-order valence-electron chi connectivity index (χ2n) is 8.09. The molecule has 0 radical (unpaired) electrons. The van der Waals surface area contributed by atoms with Crippen LogP contribution in [-0.4, -0.2) is 15.7 Å². The Labute approximate surface area is 171 Å². The first-order valence-electron chi connectivity index (χ1n) is 9.66. The molecular formula is C23H28N4O2. The van der Waals surface area contributed by atoms with Gasteiger partial charge in [0.2, 0.25) is 0 Å². The molecule has 1 amide bonds. The molecule has 0 unspecified atom stereocenters. The molecule has 6 nitrogen and oxygen atoms in total. The number of carbonyl (C=O) groups is 1. The molecule has 2 N–H and O–H groups in total. The second-order valence-corrected chi connectivity index (χ2v) is 8.09. The van der Waals surface area contributed by atoms with Crippen molar-refractivity contribution in [2.24, 2.45) is 0 Å². The smallest absolute Gasteiger partial charge is 0.287 e. The van der Waals surface area contributed by atoms with Gasteiger partial charge in [-0.15, -0.1) is 0 Å². The summed E-state index contributed by atoms with van der Waals surface area (Å²) in [7, 11) is 0. The van der Waals surface area contributed by atoms with Crippen molar-refractivity contribution in [3.05, 3.63) is 77.1 Å². The van der Waals surface area contributed by atoms with Gasteiger partial charge in [-0.25, -0.2) is 5.43 Å². The van der Waals surface area contributed by atoms with Crippen LogP contribution in [0.1, 0.15) is 48.0 Å². The molecule has 1 heterocycles. The van der Waals surface area contributed by atoms with Crippen LogP contribution in [0.15, 0.2) is 54.7 Å². The Kier molecular flexibility index (Phi) is 6.03. The van der Waals surface area contributed by atoms with Gasteiger partial charge in [-0.2, -0.15) is 5.10 Å². The van der Waals surface area contributed by atoms with Crippen LogP contribution in [-0.2, 0) is 12.1 Å². The van der Waals surface area contributed by atoms with Crippen LogP contribution in [0.25, 0.3) is 0 Å². The Hall–Kier alpha value is -3.12. The van der Waals surface area contributed by atoms with Crippen LogP contribution in [0.5, 0.6) is 11.5 Å². The van der Waals surface area contributed by atoms with Crippen molar-refractivity contribution >= 4 is 5.91 Å². The molecule has 152 valence electrons. The van der Waals surface area contributed by atoms with Gasteiger partial charge in [0.05, 0.1) is 11.7 Å². The number of para-hydroxylation sites is 1. The lowest BCUT2D eigenvalue weighted by Gasteiger charge is -2.22. The summed E-state index contributed by atoms with van der Waals surface area (Å²) in [6, 6.07) is 15.6. The molecule has 0 fully saturated rings. The Morgan fingerprint density at radius 2 is 1.83 bits per heavy atom. The number of hydrogen-bond donors (Lipinski definition) is 2. The summed E-state index contributed by atoms with van der Waals surface area (Å²) in [5.74, 6) is 0.767. The Morgan fingerprint density at radius 3 is 2.48 bits per heavy atom. The van der Waals surface area contributed by atoms with Crippen molar-refractivity contribution in [3.63, 3.8) is 0 Å². The molecule has 6 heteroatoms. The monoisotopic (exact) mass is 392 g/mol. The van der Waals surface area contributed by atoms with Crippen LogP contribution in [0.3, 0.4) is 0 Å². The number of rotatable bonds is 6. The number of amides is 1. The van der Waals surface area contributed by atoms with Gasteiger partial charge in [-0.3, -0.25) is 14.9 Å². The first kappa shape index (κ1) is 20.6. The third-order valence-corrected chi connectivity index (χ3v) is 4.54. The summed E-state index contributed by atoms with van der Waals surface area (Å²) >= 11 is 0. The lowest BCUT2D eigenvalue weighted by Crippen LogP contribution is -2.40. The van der Waals surface area contributed by atoms with Gasteiger partial charge in [-0.05, 0) is 57.9 Å². The predicted octanol–water partition coefficient (Wildman–Crippen LogP) is 4.48. The number of ether oxygens (including phenoxy) is 1. The standard InChI is InChI=1S/C23H28N4O2/c1-16-11-12-18(17(2)13-16)14-24-26-22(28)21-20(15-25-27(21)23(3,4)5)29-19-9-7-6-8-10-19/h6-13,15,24H,14H2,1-5H3,(H,26,28). The van der Waals surface area contributed by atoms with E-state index in [0.717, 1.165) is 5.56 Å². The summed E-state index contributed by atoms with van der Waals surface area (Å²) in [6.45, 7) is 10.6. The lowest BCUT2D eigenvalue weighted by atomic mass is 10.1. The molecule has 0 atom stereocenters. The summed E-state index contributed by atoms with van der Waals surface area (Å²) in [4.78, 5) is 13.0. The fraction of sp³-hybridized carbons (Fsp3) is 0.304. The maximum absolute atomic E-state index is 13.0. The Bertz CT molecular complexity index is 988. The third-order valence-electron chi connectivity index (χ3n) is 4.54. The number of aryl methyl sites for hydroxylation is 2. The van der Waals surface area contributed by atoms with Crippen LogP contribution >= 0.6 is 0 Å². The fourth-order valence-corrected chi connectivity index (χ4v) is 3.06. The molecule has 3 rings (SSSR count). The molecule has 0 aliphatic rings. The van der Waals surface area contributed by atoms with Crippen LogP contribution in [0.2, 0.25) is 0 Å². The highest BCUT2D eigenvalue weighted by Gasteiger charge is 2.27. The molecular weight excluding hydrogens is 364 g/mol. The van der Waals surface area contributed by atoms with Gasteiger partial charge in [0.25, 0.3) is 5.91 Å². The van der Waals surface area contributed by atoms with E-state index in [-0.39, 0.29) is 11.4 Å². The van der Waals surface area contributed by atoms with E-state index < -0.39 is 0 Å². The minimum atomic E-state index is -0.376. The van der Waals surface area contributed by atoms with E-state index in [0.29, 0.717) is 23.7 Å². The highest BCUT2D eigenvalue weighted by atomic mass is 16.5. The molecule has 0 saturated carbocycles. The largest absolute Gasteiger partial charge is 0.453 e. The fourth-order valence-electron chi connectivity index (χ4n) is 3.06. The van der Waals surface area contributed by atoms with E-state index in [9.17, 15) is 4.79 Å². The van der Waals surface area contributed by atoms with E-state index in [1.807, 2.05) is 51.1 Å². The number of aromatic nitrogens is 2. The highest BCUT2D eigenvalue weighted by Crippen LogP contribution is 2.28. The zero-order valence-electron chi connectivity index (χ0n) is 17.6. The van der Waals surface area contributed by atoms with E-state index >= 15 is 0 Å². The molecule has 0 bridgehead atoms. The average molecular weight is 393 g/mol. The second kappa shape index (κ2) is 8.49. The zero-order valence-corrected chi connectivity index (χ0v) is 17.6. The van der Waals surface area contributed by atoms with Gasteiger partial charge < -0.3 is 4.74 Å². The minimum Gasteiger partial charge on any atom is -0.453 e. The van der Waals surface area contributed by atoms with Gasteiger partial charge in [0, 0.05) is 6.54 Å². The van der Waals surface area contributed by atoms with Gasteiger partial charge in [0.1, 0.15) is 5.75 Å². The number of nitrogens with zero attached hydrogens (tertiary/aromatic N) is 2. The topological polar surface area (TPSA) is 68.2 Å². The van der Waals surface area contributed by atoms with E-state index in [1.165, 1.54) is 11.1 Å². The number of carbonyl (C=O) groups excluding carboxylic acids is 1. The minimum absolute atomic E-state index is 0.298. The first-order valence-corrected chi connectivity index (χ1v) is 9.66. The SMILES string of the molecule is Cc1ccc(CNNC(=O)c2c(Oc3ccccc3)cnn2C(C)(C)C)c(C)c1. The normalized spacial score (nSPS) is 11.3. The lowest BCUT2D eigenvalue weighted by molar-refractivity contribution is 0.0911. The summed E-state index contributed by atoms with van der Waals surface area (Å²) in [5.41, 5.74) is 9.32. The van der Waals surface area contributed by atoms with Crippen molar-refractivity contribution in [1.29, 1.82) is 0 Å². The molecule has 1 aromatic heterocycles. The van der Waals surface area contributed by atoms with E-state index in [2.05, 4.69) is 48.0 Å². The molecule has 2 aromatic carbocycles. The van der Waals surface area contributed by atoms with Gasteiger partial charge >= 0.3 is 0 Å². The van der Waals surface area contributed by atoms with Crippen molar-refractivity contribution in [3.8, 4) is 11.5 Å². The third kappa shape index (κ3) is 5.03. The summed E-state index contributed by atoms with van der Waals surface area (Å²) in [6.07, 6.45) is 1.58. The Morgan fingerprint density at radius 1 is 1.10 bits per heavy atom. The van der Waals surface area contributed by atoms with Crippen molar-refractivity contribution in [1.82, 2.24) is 20.6 Å². The van der Waals surface area contributed by atoms with Crippen molar-refractivity contribution in [2.75, 3.05) is 0 Å². The number of benzene rings is 2. The number of hydrazine groups is 1. The number of hydrogen-bond acceptors (Lipinski definition) is 4. The molecule has 0 spiro atoms. The maximum atomic E-state index is 13.0. The number of nitrogens with one attached hydrogen (secondary N) is 2. The first-order chi connectivity index (χ1) is 13.8. The van der Waals surface area contributed by atoms with Crippen molar-refractivity contribution < 1.29 is 9.53 Å². The van der Waals surface area contributed by atoms with Crippen molar-refractivity contribution in [2.45, 2.75) is 46.7 Å². The Balaban J connectivity index is 1.78. The van der Waals surface area contributed by atoms with Gasteiger partial charge in [0.15, 0.2) is 11.4 Å². The molecule has 29 heavy (non-hydrogen) atoms. The van der Waals surface area contributed by atoms with Crippen LogP contribution < -0.4 is 15.6 Å². The van der Waals surface area contributed by atoms with E-state index in [4.69, 9.17) is 4.74 Å². The molecule has 0 aliphatic heterocycles. The van der Waals surface area contributed by atoms with E-state index in [1.54, 1.807) is 10.9 Å². The van der Waals surface area contributed by atoms with Crippen LogP contribution in [0, 0.1) is 13.8 Å². The molecule has 0 saturated heterocycles. The molecule has 0 aliphatic carbocycles. The summed E-state index contributed by atoms with van der Waals surface area (Å²) < 4.78 is 7.61.